The van der Waals surface area contributed by atoms with Crippen LogP contribution in [0.15, 0.2) is 36.4 Å². The average Bonchev–Trinajstić information content (AvgIpc) is 3.80. The molecule has 2 aromatic heterocycles. The number of carbonyl (C=O) groups is 6. The fourth-order valence-electron chi connectivity index (χ4n) is 8.95. The van der Waals surface area contributed by atoms with Crippen molar-refractivity contribution in [1.82, 2.24) is 39.2 Å². The van der Waals surface area contributed by atoms with Gasteiger partial charge in [-0.1, -0.05) is 66.2 Å². The van der Waals surface area contributed by atoms with Crippen molar-refractivity contribution in [2.24, 2.45) is 16.9 Å². The maximum Gasteiger partial charge on any atom is 0.410 e. The minimum Gasteiger partial charge on any atom is -0.444 e. The smallest absolute Gasteiger partial charge is 0.410 e. The van der Waals surface area contributed by atoms with Crippen molar-refractivity contribution in [1.29, 1.82) is 0 Å². The van der Waals surface area contributed by atoms with Gasteiger partial charge in [-0.15, -0.1) is 0 Å². The number of hydrogen-bond donors (Lipinski definition) is 2. The summed E-state index contributed by atoms with van der Waals surface area (Å²) in [6.07, 6.45) is -0.211. The second-order valence-electron chi connectivity index (χ2n) is 19.7. The van der Waals surface area contributed by atoms with Crippen LogP contribution in [-0.2, 0) is 43.3 Å². The van der Waals surface area contributed by atoms with Crippen molar-refractivity contribution in [3.8, 4) is 22.5 Å². The van der Waals surface area contributed by atoms with Crippen molar-refractivity contribution in [3.63, 3.8) is 0 Å². The van der Waals surface area contributed by atoms with Gasteiger partial charge in [-0.05, 0) is 62.6 Å². The Hall–Kier alpha value is -6.08. The normalized spacial score (nSPS) is 16.3. The number of hydrogen-bond acceptors (Lipinski definition) is 9. The van der Waals surface area contributed by atoms with Crippen molar-refractivity contribution >= 4 is 58.8 Å². The van der Waals surface area contributed by atoms with Gasteiger partial charge in [0.2, 0.25) is 17.7 Å². The predicted molar refractivity (Wildman–Crippen MR) is 259 cm³/mol. The summed E-state index contributed by atoms with van der Waals surface area (Å²) in [5.74, 6) is -2.86. The van der Waals surface area contributed by atoms with E-state index in [1.807, 2.05) is 20.8 Å². The number of nitrogens with two attached hydrogens (primary N) is 2. The highest BCUT2D eigenvalue weighted by atomic mass is 35.5. The Balaban J connectivity index is 0.000000286. The molecule has 0 unspecified atom stereocenters. The molecule has 0 saturated carbocycles. The standard InChI is InChI=1S/C23H27ClFN5O3.C22H25ClFN5O4.3CH4/c1-13(31)29-11-23(12-29)10-28(18(32)8-22(2,3)4)9-17-19(21(26)33)20(27-30(17)23)14-5-6-16(25)15(24)7-14;1-12(30)28-10-22(11-28)9-27(20(32)33-21(2,3)4)8-16-17(19(25)31)18(26-29(16)22)13-5-6-15(24)14(23)7-13;;;/h5-7H,8-12H2,1-4H3,(H2,26,33);5-7H,8-11H2,1-4H3,(H2,25,31);3*1H4/i;;1D;;. The quantitative estimate of drug-likeness (QED) is 0.203. The maximum atomic E-state index is 13.8. The van der Waals surface area contributed by atoms with Crippen LogP contribution in [0.2, 0.25) is 10.0 Å². The third-order valence-electron chi connectivity index (χ3n) is 11.9. The lowest BCUT2D eigenvalue weighted by molar-refractivity contribution is -0.148. The zero-order chi connectivity index (χ0) is 50.6. The van der Waals surface area contributed by atoms with Crippen molar-refractivity contribution < 1.29 is 43.7 Å². The van der Waals surface area contributed by atoms with Gasteiger partial charge in [0.25, 0.3) is 11.8 Å². The fraction of sp³-hybridized carbons (Fsp3) is 0.500. The molecule has 4 aliphatic rings. The van der Waals surface area contributed by atoms with E-state index in [0.717, 1.165) is 0 Å². The molecule has 2 aromatic carbocycles. The van der Waals surface area contributed by atoms with Crippen LogP contribution in [0, 0.1) is 17.0 Å². The van der Waals surface area contributed by atoms with E-state index in [9.17, 15) is 37.5 Å². The third kappa shape index (κ3) is 10.7. The molecule has 4 aliphatic heterocycles. The number of carbonyl (C=O) groups excluding carboxylic acids is 6. The highest BCUT2D eigenvalue weighted by Crippen LogP contribution is 2.42. The van der Waals surface area contributed by atoms with E-state index in [1.165, 1.54) is 62.5 Å². The van der Waals surface area contributed by atoms with E-state index in [2.05, 4.69) is 5.10 Å². The predicted octanol–water partition coefficient (Wildman–Crippen LogP) is 7.44. The zero-order valence-corrected chi connectivity index (χ0v) is 40.4. The Morgan fingerprint density at radius 3 is 1.36 bits per heavy atom. The number of ether oxygens (including phenoxy) is 1. The minimum atomic E-state index is -0.748. The Bertz CT molecular complexity index is 2520. The van der Waals surface area contributed by atoms with E-state index in [4.69, 9.17) is 45.9 Å². The molecule has 2 fully saturated rings. The molecule has 376 valence electrons. The first-order chi connectivity index (χ1) is 31.6. The lowest BCUT2D eigenvalue weighted by atomic mass is 9.85. The fourth-order valence-corrected chi connectivity index (χ4v) is 9.31. The van der Waals surface area contributed by atoms with Crippen LogP contribution in [0.25, 0.3) is 22.5 Å². The van der Waals surface area contributed by atoms with Crippen molar-refractivity contribution in [2.75, 3.05) is 39.3 Å². The van der Waals surface area contributed by atoms with Crippen molar-refractivity contribution in [3.05, 3.63) is 80.6 Å². The van der Waals surface area contributed by atoms with E-state index >= 15 is 0 Å². The Kier molecular flexibility index (Phi) is 15.4. The van der Waals surface area contributed by atoms with Gasteiger partial charge in [0, 0.05) is 65.5 Å². The lowest BCUT2D eigenvalue weighted by Gasteiger charge is -2.54. The van der Waals surface area contributed by atoms with Gasteiger partial charge in [0.15, 0.2) is 0 Å². The summed E-state index contributed by atoms with van der Waals surface area (Å²) in [4.78, 5) is 81.5. The number of aromatic nitrogens is 4. The number of fused-ring (bicyclic) bond motifs is 4. The summed E-state index contributed by atoms with van der Waals surface area (Å²) in [6.45, 7) is 16.3. The summed E-state index contributed by atoms with van der Waals surface area (Å²) >= 11 is 11.9. The molecular weight excluding hydrogens is 937 g/mol. The van der Waals surface area contributed by atoms with Crippen LogP contribution < -0.4 is 11.5 Å². The average molecular weight is 1000 g/mol. The summed E-state index contributed by atoms with van der Waals surface area (Å²) in [7, 11) is 1.25. The SMILES string of the molecule is C.C.CC(=O)N1CC2(C1)CN(C(=O)CC(C)(C)C)Cc1c(C(N)=O)c(-c3ccc(F)c(Cl)c3)nn12.CC(=O)N1CC2(C1)CN(C(=O)OC(C)(C)C)Cc1c(C(N)=O)c(-c3ccc(F)c(Cl)c3)nn12.[2H]C. The van der Waals surface area contributed by atoms with Crippen LogP contribution >= 0.6 is 23.2 Å². The van der Waals surface area contributed by atoms with Gasteiger partial charge in [0.05, 0.1) is 52.2 Å². The molecule has 0 bridgehead atoms. The highest BCUT2D eigenvalue weighted by Gasteiger charge is 2.55. The topological polar surface area (TPSA) is 212 Å². The maximum absolute atomic E-state index is 13.8. The largest absolute Gasteiger partial charge is 0.444 e. The summed E-state index contributed by atoms with van der Waals surface area (Å²) < 4.78 is 42.2. The molecule has 4 aromatic rings. The minimum absolute atomic E-state index is 0. The number of halogens is 4. The van der Waals surface area contributed by atoms with E-state index < -0.39 is 46.2 Å². The molecule has 69 heavy (non-hydrogen) atoms. The van der Waals surface area contributed by atoms with Crippen LogP contribution in [-0.4, -0.2) is 120 Å². The first kappa shape index (κ1) is 53.9. The molecule has 6 heterocycles. The van der Waals surface area contributed by atoms with Gasteiger partial charge in [-0.25, -0.2) is 13.6 Å². The Morgan fingerprint density at radius 2 is 1.03 bits per heavy atom. The number of amides is 6. The molecule has 0 radical (unpaired) electrons. The number of nitrogens with zero attached hydrogens (tertiary/aromatic N) is 8. The molecule has 2 saturated heterocycles. The molecule has 8 rings (SSSR count). The molecule has 4 N–H and O–H groups in total. The Labute approximate surface area is 413 Å². The van der Waals surface area contributed by atoms with Crippen LogP contribution in [0.5, 0.6) is 0 Å². The molecule has 6 amide bonds. The van der Waals surface area contributed by atoms with Crippen molar-refractivity contribution in [2.45, 2.75) is 114 Å². The van der Waals surface area contributed by atoms with E-state index in [-0.39, 0.29) is 90.2 Å². The number of benzene rings is 2. The second kappa shape index (κ2) is 19.7. The molecule has 0 atom stereocenters. The van der Waals surface area contributed by atoms with E-state index in [1.54, 1.807) is 44.8 Å². The molecule has 2 spiro atoms. The van der Waals surface area contributed by atoms with Gasteiger partial charge in [0.1, 0.15) is 39.7 Å². The highest BCUT2D eigenvalue weighted by molar-refractivity contribution is 6.31. The molecule has 21 heteroatoms. The molecule has 0 aliphatic carbocycles. The van der Waals surface area contributed by atoms with Gasteiger partial charge in [-0.2, -0.15) is 10.2 Å². The number of rotatable bonds is 5. The second-order valence-corrected chi connectivity index (χ2v) is 20.5. The Morgan fingerprint density at radius 1 is 0.667 bits per heavy atom. The number of likely N-dealkylation sites (tertiary alicyclic amines) is 2. The third-order valence-corrected chi connectivity index (χ3v) is 12.5. The monoisotopic (exact) mass is 1000 g/mol. The van der Waals surface area contributed by atoms with Crippen LogP contribution in [0.3, 0.4) is 0 Å². The lowest BCUT2D eigenvalue weighted by Crippen LogP contribution is -2.70. The van der Waals surface area contributed by atoms with Gasteiger partial charge >= 0.3 is 6.09 Å². The first-order valence-electron chi connectivity index (χ1n) is 22.1. The van der Waals surface area contributed by atoms with Gasteiger partial charge in [-0.3, -0.25) is 38.2 Å². The number of primary amides is 2. The molecular formula is C48H64Cl2F2N10O7. The summed E-state index contributed by atoms with van der Waals surface area (Å²) in [5.41, 5.74) is 11.8. The van der Waals surface area contributed by atoms with Crippen LogP contribution in [0.4, 0.5) is 13.6 Å². The first-order valence-corrected chi connectivity index (χ1v) is 21.9. The van der Waals surface area contributed by atoms with E-state index in [0.29, 0.717) is 61.7 Å². The molecule has 17 nitrogen and oxygen atoms in total. The van der Waals surface area contributed by atoms with Crippen LogP contribution in [0.1, 0.15) is 118 Å². The zero-order valence-electron chi connectivity index (χ0n) is 39.9. The van der Waals surface area contributed by atoms with Gasteiger partial charge < -0.3 is 30.9 Å². The summed E-state index contributed by atoms with van der Waals surface area (Å²) in [6, 6.07) is 8.11. The summed E-state index contributed by atoms with van der Waals surface area (Å²) in [5, 5.41) is 9.16.